The van der Waals surface area contributed by atoms with Gasteiger partial charge in [0.15, 0.2) is 0 Å². The lowest BCUT2D eigenvalue weighted by Gasteiger charge is -2.11. The zero-order chi connectivity index (χ0) is 14.5. The van der Waals surface area contributed by atoms with Gasteiger partial charge in [-0.25, -0.2) is 0 Å². The highest BCUT2D eigenvalue weighted by Gasteiger charge is 2.06. The maximum absolute atomic E-state index is 9.23. The fraction of sp³-hybridized carbons (Fsp3) is 0.133. The molecule has 3 nitrogen and oxygen atoms in total. The van der Waals surface area contributed by atoms with E-state index in [2.05, 4.69) is 0 Å². The lowest BCUT2D eigenvalue weighted by atomic mass is 10.1. The Morgan fingerprint density at radius 2 is 1.95 bits per heavy atom. The van der Waals surface area contributed by atoms with Gasteiger partial charge < -0.3 is 15.6 Å². The summed E-state index contributed by atoms with van der Waals surface area (Å²) < 4.78 is 5.69. The number of hydrogen-bond donors (Lipinski definition) is 2. The highest BCUT2D eigenvalue weighted by Crippen LogP contribution is 2.23. The molecule has 20 heavy (non-hydrogen) atoms. The molecule has 0 amide bonds. The molecule has 0 heterocycles. The van der Waals surface area contributed by atoms with Crippen LogP contribution in [0.5, 0.6) is 5.75 Å². The Bertz CT molecular complexity index is 631. The molecule has 5 heteroatoms. The number of para-hydroxylation sites is 1. The normalized spacial score (nSPS) is 10.3. The van der Waals surface area contributed by atoms with Gasteiger partial charge in [0.25, 0.3) is 0 Å². The minimum Gasteiger partial charge on any atom is -0.488 e. The Hall–Kier alpha value is -1.62. The van der Waals surface area contributed by atoms with Gasteiger partial charge in [0.05, 0.1) is 6.61 Å². The number of aliphatic hydroxyl groups is 1. The first kappa shape index (κ1) is 14.8. The molecule has 0 aromatic heterocycles. The third-order valence-electron chi connectivity index (χ3n) is 2.86. The van der Waals surface area contributed by atoms with E-state index in [0.717, 1.165) is 16.7 Å². The van der Waals surface area contributed by atoms with Crippen LogP contribution in [0.1, 0.15) is 16.7 Å². The maximum atomic E-state index is 9.23. The molecule has 0 saturated heterocycles. The van der Waals surface area contributed by atoms with Crippen LogP contribution in [0, 0.1) is 0 Å². The number of ether oxygens (including phenoxy) is 1. The van der Waals surface area contributed by atoms with Gasteiger partial charge >= 0.3 is 0 Å². The highest BCUT2D eigenvalue weighted by molar-refractivity contribution is 7.80. The topological polar surface area (TPSA) is 55.5 Å². The fourth-order valence-corrected chi connectivity index (χ4v) is 2.11. The standard InChI is InChI=1S/C15H14ClNO2S/c16-13-7-10(15(17)20)5-6-12(13)9-19-14-4-2-1-3-11(14)8-18/h1-7,18H,8-9H2,(H2,17,20). The number of benzene rings is 2. The van der Waals surface area contributed by atoms with Crippen molar-refractivity contribution in [1.82, 2.24) is 0 Å². The first-order chi connectivity index (χ1) is 9.61. The van der Waals surface area contributed by atoms with E-state index in [0.29, 0.717) is 22.4 Å². The summed E-state index contributed by atoms with van der Waals surface area (Å²) in [6, 6.07) is 12.7. The Morgan fingerprint density at radius 1 is 1.20 bits per heavy atom. The molecule has 0 aliphatic heterocycles. The van der Waals surface area contributed by atoms with Crippen LogP contribution >= 0.6 is 23.8 Å². The number of hydrogen-bond acceptors (Lipinski definition) is 3. The molecule has 0 spiro atoms. The predicted molar refractivity (Wildman–Crippen MR) is 84.0 cm³/mol. The van der Waals surface area contributed by atoms with Crippen molar-refractivity contribution < 1.29 is 9.84 Å². The summed E-state index contributed by atoms with van der Waals surface area (Å²) in [5.41, 5.74) is 7.85. The van der Waals surface area contributed by atoms with Crippen molar-refractivity contribution in [2.75, 3.05) is 0 Å². The Kier molecular flexibility index (Phi) is 4.95. The van der Waals surface area contributed by atoms with Gasteiger partial charge in [0.1, 0.15) is 17.3 Å². The molecule has 2 aromatic carbocycles. The van der Waals surface area contributed by atoms with Crippen LogP contribution in [0.25, 0.3) is 0 Å². The molecule has 3 N–H and O–H groups in total. The van der Waals surface area contributed by atoms with E-state index in [-0.39, 0.29) is 6.61 Å². The van der Waals surface area contributed by atoms with E-state index in [1.165, 1.54) is 0 Å². The average Bonchev–Trinajstić information content (AvgIpc) is 2.46. The minimum atomic E-state index is -0.0652. The largest absolute Gasteiger partial charge is 0.488 e. The van der Waals surface area contributed by atoms with Gasteiger partial charge in [0.2, 0.25) is 0 Å². The second-order valence-corrected chi connectivity index (χ2v) is 5.07. The second kappa shape index (κ2) is 6.70. The van der Waals surface area contributed by atoms with Gasteiger partial charge in [-0.15, -0.1) is 0 Å². The molecule has 0 aliphatic rings. The van der Waals surface area contributed by atoms with Crippen LogP contribution < -0.4 is 10.5 Å². The fourth-order valence-electron chi connectivity index (χ4n) is 1.75. The predicted octanol–water partition coefficient (Wildman–Crippen LogP) is 3.05. The van der Waals surface area contributed by atoms with Crippen molar-refractivity contribution >= 4 is 28.8 Å². The molecule has 0 bridgehead atoms. The Morgan fingerprint density at radius 3 is 2.60 bits per heavy atom. The van der Waals surface area contributed by atoms with Gasteiger partial charge in [-0.2, -0.15) is 0 Å². The minimum absolute atomic E-state index is 0.0652. The van der Waals surface area contributed by atoms with Crippen LogP contribution in [0.2, 0.25) is 5.02 Å². The van der Waals surface area contributed by atoms with Crippen molar-refractivity contribution in [2.45, 2.75) is 13.2 Å². The number of aliphatic hydroxyl groups excluding tert-OH is 1. The molecule has 0 radical (unpaired) electrons. The highest BCUT2D eigenvalue weighted by atomic mass is 35.5. The van der Waals surface area contributed by atoms with Gasteiger partial charge in [-0.3, -0.25) is 0 Å². The van der Waals surface area contributed by atoms with Crippen molar-refractivity contribution in [1.29, 1.82) is 0 Å². The van der Waals surface area contributed by atoms with Gasteiger partial charge in [-0.1, -0.05) is 54.2 Å². The summed E-state index contributed by atoms with van der Waals surface area (Å²) in [5.74, 6) is 0.643. The maximum Gasteiger partial charge on any atom is 0.125 e. The van der Waals surface area contributed by atoms with E-state index in [9.17, 15) is 5.11 Å². The van der Waals surface area contributed by atoms with E-state index >= 15 is 0 Å². The quantitative estimate of drug-likeness (QED) is 0.834. The summed E-state index contributed by atoms with van der Waals surface area (Å²) in [5, 5.41) is 9.79. The lowest BCUT2D eigenvalue weighted by molar-refractivity contribution is 0.259. The molecule has 0 saturated carbocycles. The van der Waals surface area contributed by atoms with Crippen LogP contribution in [0.3, 0.4) is 0 Å². The summed E-state index contributed by atoms with van der Waals surface area (Å²) in [6.07, 6.45) is 0. The van der Waals surface area contributed by atoms with E-state index < -0.39 is 0 Å². The number of nitrogens with two attached hydrogens (primary N) is 1. The smallest absolute Gasteiger partial charge is 0.125 e. The molecule has 104 valence electrons. The van der Waals surface area contributed by atoms with E-state index in [4.69, 9.17) is 34.3 Å². The van der Waals surface area contributed by atoms with Gasteiger partial charge in [0, 0.05) is 21.7 Å². The second-order valence-electron chi connectivity index (χ2n) is 4.22. The first-order valence-electron chi connectivity index (χ1n) is 6.01. The van der Waals surface area contributed by atoms with Crippen molar-refractivity contribution in [3.8, 4) is 5.75 Å². The van der Waals surface area contributed by atoms with Crippen molar-refractivity contribution in [2.24, 2.45) is 5.73 Å². The molecule has 0 unspecified atom stereocenters. The van der Waals surface area contributed by atoms with Gasteiger partial charge in [-0.05, 0) is 12.1 Å². The van der Waals surface area contributed by atoms with E-state index in [1.54, 1.807) is 6.07 Å². The monoisotopic (exact) mass is 307 g/mol. The Balaban J connectivity index is 2.13. The molecular weight excluding hydrogens is 294 g/mol. The zero-order valence-electron chi connectivity index (χ0n) is 10.7. The molecule has 2 aromatic rings. The third kappa shape index (κ3) is 3.48. The SMILES string of the molecule is NC(=S)c1ccc(COc2ccccc2CO)c(Cl)c1. The number of thiocarbonyl (C=S) groups is 1. The van der Waals surface area contributed by atoms with Crippen LogP contribution in [-0.4, -0.2) is 10.1 Å². The lowest BCUT2D eigenvalue weighted by Crippen LogP contribution is -2.09. The first-order valence-corrected chi connectivity index (χ1v) is 6.80. The molecular formula is C15H14ClNO2S. The van der Waals surface area contributed by atoms with Crippen LogP contribution in [0.4, 0.5) is 0 Å². The number of halogens is 1. The van der Waals surface area contributed by atoms with Crippen LogP contribution in [0.15, 0.2) is 42.5 Å². The summed E-state index contributed by atoms with van der Waals surface area (Å²) >= 11 is 11.1. The molecule has 0 atom stereocenters. The third-order valence-corrected chi connectivity index (χ3v) is 3.45. The average molecular weight is 308 g/mol. The summed E-state index contributed by atoms with van der Waals surface area (Å²) in [6.45, 7) is 0.248. The van der Waals surface area contributed by atoms with Crippen molar-refractivity contribution in [3.63, 3.8) is 0 Å². The Labute approximate surface area is 127 Å². The van der Waals surface area contributed by atoms with E-state index in [1.807, 2.05) is 36.4 Å². The van der Waals surface area contributed by atoms with Crippen LogP contribution in [-0.2, 0) is 13.2 Å². The molecule has 2 rings (SSSR count). The molecule has 0 aliphatic carbocycles. The summed E-state index contributed by atoms with van der Waals surface area (Å²) in [4.78, 5) is 0.310. The van der Waals surface area contributed by atoms with Crippen molar-refractivity contribution in [3.05, 3.63) is 64.2 Å². The summed E-state index contributed by atoms with van der Waals surface area (Å²) in [7, 11) is 0. The number of rotatable bonds is 5. The zero-order valence-corrected chi connectivity index (χ0v) is 12.2. The molecule has 0 fully saturated rings.